The average Bonchev–Trinajstić information content (AvgIpc) is 1.40. The topological polar surface area (TPSA) is 32.8 Å². The molecule has 2 aromatic heterocycles. The Morgan fingerprint density at radius 2 is 0.475 bits per heavy atom. The molecule has 21 aromatic rings. The highest BCUT2D eigenvalue weighted by atomic mass is 16.3. The fraction of sp³-hybridized carbons (Fsp3) is 0.0339. The number of nitrogens with zero attached hydrogens (tertiary/aromatic N) is 2. The smallest absolute Gasteiger partial charge is 0.159 e. The summed E-state index contributed by atoms with van der Waals surface area (Å²) in [5.74, 6) is 0. The highest BCUT2D eigenvalue weighted by Crippen LogP contribution is 2.68. The van der Waals surface area contributed by atoms with E-state index >= 15 is 0 Å². The van der Waals surface area contributed by atoms with Crippen molar-refractivity contribution in [3.05, 3.63) is 562 Å². The van der Waals surface area contributed by atoms with Gasteiger partial charge in [0.2, 0.25) is 0 Å². The highest BCUT2D eigenvalue weighted by molar-refractivity contribution is 6.14. The SMILES string of the molecule is c1ccc(-c2ccc(N(c3ccc4c(c3)C3(c5ccccc5-4)c4ccccc4C(c4ccccc4)(c4ccccc4)c4ccccc43)c3cccc4oc5ccccc5c34)cc2)cc1.c1ccc(N(c2ccc3c(c2)C2(c4ccccc4-3)c3ccccc3C(c3ccccc3)(c3ccccc3)c3ccccc32)c2cccc3c2oc2ccccc23)cc1. The van der Waals surface area contributed by atoms with Crippen molar-refractivity contribution in [3.63, 3.8) is 0 Å². The zero-order valence-electron chi connectivity index (χ0n) is 66.7. The van der Waals surface area contributed by atoms with Crippen LogP contribution in [0.25, 0.3) is 77.3 Å². The molecule has 0 radical (unpaired) electrons. The quantitative estimate of drug-likeness (QED) is 0.129. The van der Waals surface area contributed by atoms with Crippen LogP contribution in [0.2, 0.25) is 0 Å². The molecular formula is C118H78N2O2. The van der Waals surface area contributed by atoms with Crippen LogP contribution >= 0.6 is 0 Å². The Morgan fingerprint density at radius 3 is 0.934 bits per heavy atom. The van der Waals surface area contributed by atoms with Crippen molar-refractivity contribution >= 4 is 78.0 Å². The van der Waals surface area contributed by atoms with Gasteiger partial charge in [-0.1, -0.05) is 394 Å². The minimum atomic E-state index is -0.626. The molecule has 2 heterocycles. The van der Waals surface area contributed by atoms with Crippen LogP contribution in [-0.2, 0) is 21.7 Å². The third-order valence-corrected chi connectivity index (χ3v) is 26.8. The van der Waals surface area contributed by atoms with E-state index in [1.807, 2.05) is 12.1 Å². The van der Waals surface area contributed by atoms with Gasteiger partial charge < -0.3 is 18.6 Å². The molecule has 122 heavy (non-hydrogen) atoms. The van der Waals surface area contributed by atoms with Gasteiger partial charge in [0.05, 0.1) is 38.4 Å². The monoisotopic (exact) mass is 1550 g/mol. The Labute approximate surface area is 709 Å². The second-order valence-corrected chi connectivity index (χ2v) is 32.6. The van der Waals surface area contributed by atoms with Gasteiger partial charge >= 0.3 is 0 Å². The minimum Gasteiger partial charge on any atom is -0.456 e. The molecule has 4 aliphatic carbocycles. The van der Waals surface area contributed by atoms with Gasteiger partial charge in [-0.3, -0.25) is 0 Å². The van der Waals surface area contributed by atoms with Crippen LogP contribution in [0.15, 0.2) is 482 Å². The van der Waals surface area contributed by atoms with Gasteiger partial charge in [0.15, 0.2) is 5.58 Å². The van der Waals surface area contributed by atoms with Crippen molar-refractivity contribution in [3.8, 4) is 33.4 Å². The van der Waals surface area contributed by atoms with Crippen molar-refractivity contribution < 1.29 is 8.83 Å². The molecule has 0 atom stereocenters. The van der Waals surface area contributed by atoms with Crippen molar-refractivity contribution in [1.82, 2.24) is 0 Å². The summed E-state index contributed by atoms with van der Waals surface area (Å²) in [6.45, 7) is 0. The highest BCUT2D eigenvalue weighted by Gasteiger charge is 2.59. The van der Waals surface area contributed by atoms with E-state index in [0.717, 1.165) is 78.0 Å². The molecular weight excluding hydrogens is 1480 g/mol. The van der Waals surface area contributed by atoms with E-state index in [4.69, 9.17) is 8.83 Å². The third-order valence-electron chi connectivity index (χ3n) is 26.8. The summed E-state index contributed by atoms with van der Waals surface area (Å²) < 4.78 is 13.3. The predicted molar refractivity (Wildman–Crippen MR) is 501 cm³/mol. The van der Waals surface area contributed by atoms with Gasteiger partial charge in [-0.25, -0.2) is 0 Å². The number of benzene rings is 19. The maximum atomic E-state index is 6.72. The molecule has 572 valence electrons. The summed E-state index contributed by atoms with van der Waals surface area (Å²) in [7, 11) is 0. The molecule has 4 heteroatoms. The van der Waals surface area contributed by atoms with Gasteiger partial charge in [0.1, 0.15) is 16.7 Å². The number of furan rings is 2. The Kier molecular flexibility index (Phi) is 16.2. The minimum absolute atomic E-state index is 0.552. The van der Waals surface area contributed by atoms with Crippen LogP contribution in [0.1, 0.15) is 89.0 Å². The number of hydrogen-bond acceptors (Lipinski definition) is 4. The van der Waals surface area contributed by atoms with Gasteiger partial charge in [-0.2, -0.15) is 0 Å². The summed E-state index contributed by atoms with van der Waals surface area (Å²) in [4.78, 5) is 4.81. The number of anilines is 6. The normalized spacial score (nSPS) is 14.0. The summed E-state index contributed by atoms with van der Waals surface area (Å²) in [6, 6.07) is 174. The predicted octanol–water partition coefficient (Wildman–Crippen LogP) is 29.9. The standard InChI is InChI=1S/C62H41NO.C56H37NO/c1-4-19-42(20-5-1)43-35-37-46(38-36-43)63(57-32-18-34-59-60(57)50-26-11-17-33-58(50)64-59)47-39-40-49-48-25-10-12-27-51(48)62(56(49)41-47)54-30-15-13-28-52(54)61(44-21-6-2-7-22-44,45-23-8-3-9-24-45)53-29-14-16-31-55(53)62;1-4-19-38(20-5-1)55(39-21-6-2-7-22-39)47-29-13-15-31-49(47)56(50-32-16-14-30-48(50)55)46-28-12-10-25-42(46)43-36-35-41(37-51(43)56)57(40-23-8-3-9-24-40)52-33-18-27-45-44-26-11-17-34-53(44)58-54(45)52/h1-41H;1-37H. The van der Waals surface area contributed by atoms with Crippen molar-refractivity contribution in [2.45, 2.75) is 21.7 Å². The van der Waals surface area contributed by atoms with Crippen LogP contribution in [0.3, 0.4) is 0 Å². The third kappa shape index (κ3) is 10.1. The van der Waals surface area contributed by atoms with E-state index in [1.54, 1.807) is 0 Å². The molecule has 0 N–H and O–H groups in total. The van der Waals surface area contributed by atoms with Crippen LogP contribution in [0.4, 0.5) is 34.1 Å². The first kappa shape index (κ1) is 70.6. The first-order valence-corrected chi connectivity index (χ1v) is 42.3. The summed E-state index contributed by atoms with van der Waals surface area (Å²) in [6.07, 6.45) is 0. The number of rotatable bonds is 11. The Morgan fingerprint density at radius 1 is 0.172 bits per heavy atom. The molecule has 0 amide bonds. The van der Waals surface area contributed by atoms with E-state index in [-0.39, 0.29) is 0 Å². The zero-order chi connectivity index (χ0) is 80.5. The Balaban J connectivity index is 0.000000139. The van der Waals surface area contributed by atoms with Crippen molar-refractivity contribution in [2.24, 2.45) is 0 Å². The Hall–Kier alpha value is -15.6. The van der Waals surface area contributed by atoms with E-state index in [2.05, 4.69) is 471 Å². The summed E-state index contributed by atoms with van der Waals surface area (Å²) in [5, 5.41) is 4.41. The molecule has 0 saturated heterocycles. The average molecular weight is 1560 g/mol. The van der Waals surface area contributed by atoms with Crippen LogP contribution in [0.5, 0.6) is 0 Å². The zero-order valence-corrected chi connectivity index (χ0v) is 66.7. The second-order valence-electron chi connectivity index (χ2n) is 32.6. The van der Waals surface area contributed by atoms with E-state index < -0.39 is 21.7 Å². The van der Waals surface area contributed by atoms with Crippen molar-refractivity contribution in [2.75, 3.05) is 9.80 Å². The number of fused-ring (bicyclic) bond motifs is 24. The molecule has 19 aromatic carbocycles. The molecule has 0 fully saturated rings. The molecule has 0 aliphatic heterocycles. The molecule has 4 nitrogen and oxygen atoms in total. The number of para-hydroxylation sites is 4. The molecule has 2 spiro atoms. The van der Waals surface area contributed by atoms with Gasteiger partial charge in [0, 0.05) is 38.9 Å². The molecule has 0 unspecified atom stereocenters. The lowest BCUT2D eigenvalue weighted by atomic mass is 9.51. The molecule has 25 rings (SSSR count). The van der Waals surface area contributed by atoms with Crippen molar-refractivity contribution in [1.29, 1.82) is 0 Å². The maximum Gasteiger partial charge on any atom is 0.159 e. The Bertz CT molecular complexity index is 7460. The van der Waals surface area contributed by atoms with E-state index in [1.165, 1.54) is 122 Å². The van der Waals surface area contributed by atoms with Gasteiger partial charge in [0.25, 0.3) is 0 Å². The molecule has 0 saturated carbocycles. The van der Waals surface area contributed by atoms with Crippen LogP contribution < -0.4 is 9.80 Å². The summed E-state index contributed by atoms with van der Waals surface area (Å²) >= 11 is 0. The van der Waals surface area contributed by atoms with E-state index in [0.29, 0.717) is 0 Å². The van der Waals surface area contributed by atoms with Gasteiger partial charge in [-0.15, -0.1) is 0 Å². The molecule has 0 bridgehead atoms. The largest absolute Gasteiger partial charge is 0.456 e. The second kappa shape index (κ2) is 28.0. The lowest BCUT2D eigenvalue weighted by Crippen LogP contribution is -2.44. The molecule has 4 aliphatic rings. The lowest BCUT2D eigenvalue weighted by Gasteiger charge is -2.50. The van der Waals surface area contributed by atoms with Crippen LogP contribution in [0, 0.1) is 0 Å². The van der Waals surface area contributed by atoms with Gasteiger partial charge in [-0.05, 0) is 201 Å². The fourth-order valence-corrected chi connectivity index (χ4v) is 22.1. The number of hydrogen-bond donors (Lipinski definition) is 0. The fourth-order valence-electron chi connectivity index (χ4n) is 22.1. The van der Waals surface area contributed by atoms with Crippen LogP contribution in [-0.4, -0.2) is 0 Å². The first-order valence-electron chi connectivity index (χ1n) is 42.3. The maximum absolute atomic E-state index is 6.72. The summed E-state index contributed by atoms with van der Waals surface area (Å²) in [5.41, 5.74) is 35.5. The van der Waals surface area contributed by atoms with E-state index in [9.17, 15) is 0 Å². The first-order chi connectivity index (χ1) is 60.5. The lowest BCUT2D eigenvalue weighted by molar-refractivity contribution is 0.623.